The normalized spacial score (nSPS) is 19.7. The van der Waals surface area contributed by atoms with Gasteiger partial charge in [-0.2, -0.15) is 6.07 Å². The summed E-state index contributed by atoms with van der Waals surface area (Å²) in [6.45, 7) is 3.39. The minimum atomic E-state index is -0.00712. The van der Waals surface area contributed by atoms with Crippen molar-refractivity contribution in [1.82, 2.24) is 4.98 Å². The first-order chi connectivity index (χ1) is 9.36. The van der Waals surface area contributed by atoms with Gasteiger partial charge in [0.15, 0.2) is 6.29 Å². The maximum atomic E-state index is 10.5. The van der Waals surface area contributed by atoms with Gasteiger partial charge in [0.1, 0.15) is 0 Å². The molecule has 3 rings (SSSR count). The Bertz CT molecular complexity index is 429. The smallest absolute Gasteiger partial charge is 0.870 e. The Kier molecular flexibility index (Phi) is 7.79. The van der Waals surface area contributed by atoms with Gasteiger partial charge in [0.25, 0.3) is 0 Å². The number of nitrogens with zero attached hydrogens (tertiary/aromatic N) is 2. The fourth-order valence-corrected chi connectivity index (χ4v) is 2.71. The molecule has 2 saturated heterocycles. The van der Waals surface area contributed by atoms with E-state index in [0.717, 1.165) is 44.8 Å². The van der Waals surface area contributed by atoms with E-state index in [1.54, 1.807) is 18.5 Å². The number of rotatable bonds is 3. The summed E-state index contributed by atoms with van der Waals surface area (Å²) >= 11 is 0. The second-order valence-corrected chi connectivity index (χ2v) is 4.94. The summed E-state index contributed by atoms with van der Waals surface area (Å²) in [6, 6.07) is 3.63. The van der Waals surface area contributed by atoms with Crippen LogP contribution in [0.1, 0.15) is 18.5 Å². The fourth-order valence-electron chi connectivity index (χ4n) is 2.71. The van der Waals surface area contributed by atoms with Gasteiger partial charge in [0, 0.05) is 37.2 Å². The van der Waals surface area contributed by atoms with Gasteiger partial charge in [-0.1, -0.05) is 5.69 Å². The number of anilines is 1. The quantitative estimate of drug-likeness (QED) is 0.472. The zero-order chi connectivity index (χ0) is 13.1. The van der Waals surface area contributed by atoms with Crippen molar-refractivity contribution in [3.8, 4) is 0 Å². The number of aromatic nitrogens is 1. The van der Waals surface area contributed by atoms with Crippen molar-refractivity contribution in [3.05, 3.63) is 24.0 Å². The van der Waals surface area contributed by atoms with Crippen LogP contribution in [0, 0.1) is 5.92 Å². The molecule has 0 amide bonds. The molecule has 0 aromatic carbocycles. The molecule has 2 aliphatic heterocycles. The van der Waals surface area contributed by atoms with Crippen molar-refractivity contribution < 1.29 is 49.3 Å². The van der Waals surface area contributed by atoms with Gasteiger partial charge in [-0.05, 0) is 12.8 Å². The molecule has 1 aromatic rings. The molecule has 110 valence electrons. The summed E-state index contributed by atoms with van der Waals surface area (Å²) in [6.07, 6.45) is 5.64. The van der Waals surface area contributed by atoms with Crippen LogP contribution in [0.4, 0.5) is 5.69 Å². The minimum absolute atomic E-state index is 0. The van der Waals surface area contributed by atoms with Gasteiger partial charge in [-0.15, -0.1) is 6.07 Å². The van der Waals surface area contributed by atoms with E-state index in [4.69, 9.17) is 9.47 Å². The van der Waals surface area contributed by atoms with Gasteiger partial charge >= 0.3 is 29.6 Å². The van der Waals surface area contributed by atoms with E-state index in [1.165, 1.54) is 0 Å². The van der Waals surface area contributed by atoms with E-state index in [2.05, 4.69) is 9.88 Å². The summed E-state index contributed by atoms with van der Waals surface area (Å²) in [5, 5.41) is 0. The molecule has 0 bridgehead atoms. The number of pyridine rings is 1. The van der Waals surface area contributed by atoms with Crippen molar-refractivity contribution in [2.75, 3.05) is 31.2 Å². The summed E-state index contributed by atoms with van der Waals surface area (Å²) < 4.78 is 11.1. The molecule has 0 atom stereocenters. The average molecular weight is 301 g/mol. The molecule has 0 unspecified atom stereocenters. The van der Waals surface area contributed by atoms with Crippen molar-refractivity contribution in [1.29, 1.82) is 0 Å². The van der Waals surface area contributed by atoms with Crippen LogP contribution >= 0.6 is 0 Å². The van der Waals surface area contributed by atoms with Gasteiger partial charge in [-0.25, -0.2) is 0 Å². The van der Waals surface area contributed by atoms with Gasteiger partial charge in [0.2, 0.25) is 0 Å². The average Bonchev–Trinajstić information content (AvgIpc) is 3.02. The Balaban J connectivity index is 0.00000110. The standard InChI is InChI=1S/C14H17N2O3.Na.H2O/c17-10-12-1-2-13(9-15-12)16-5-3-11(4-6-16)14-18-7-8-19-14;;/h1-2,9,11,14H,3-8H2;;1H2/q-1;+1;/p-1. The summed E-state index contributed by atoms with van der Waals surface area (Å²) in [7, 11) is 0. The van der Waals surface area contributed by atoms with E-state index in [0.29, 0.717) is 11.6 Å². The van der Waals surface area contributed by atoms with E-state index >= 15 is 0 Å². The van der Waals surface area contributed by atoms with Gasteiger partial charge in [0.05, 0.1) is 13.2 Å². The molecule has 3 heterocycles. The summed E-state index contributed by atoms with van der Waals surface area (Å²) in [5.74, 6) is 0.495. The zero-order valence-electron chi connectivity index (χ0n) is 12.2. The largest absolute Gasteiger partial charge is 1.00 e. The second-order valence-electron chi connectivity index (χ2n) is 4.94. The Hall–Kier alpha value is -0.500. The van der Waals surface area contributed by atoms with Crippen LogP contribution in [0.3, 0.4) is 0 Å². The zero-order valence-corrected chi connectivity index (χ0v) is 14.2. The van der Waals surface area contributed by atoms with Crippen LogP contribution in [0.15, 0.2) is 18.3 Å². The fraction of sp³-hybridized carbons (Fsp3) is 0.571. The monoisotopic (exact) mass is 301 g/mol. The number of ether oxygens (including phenoxy) is 2. The molecule has 1 aromatic heterocycles. The minimum Gasteiger partial charge on any atom is -0.870 e. The predicted octanol–water partition coefficient (Wildman–Crippen LogP) is -2.04. The van der Waals surface area contributed by atoms with Crippen molar-refractivity contribution in [2.24, 2.45) is 5.92 Å². The van der Waals surface area contributed by atoms with Crippen LogP contribution in [0.2, 0.25) is 0 Å². The maximum absolute atomic E-state index is 10.5. The van der Waals surface area contributed by atoms with Crippen LogP contribution < -0.4 is 34.5 Å². The number of hydrogen-bond acceptors (Lipinski definition) is 6. The number of hydrogen-bond donors (Lipinski definition) is 0. The van der Waals surface area contributed by atoms with Crippen molar-refractivity contribution in [2.45, 2.75) is 19.1 Å². The third kappa shape index (κ3) is 4.48. The first-order valence-electron chi connectivity index (χ1n) is 6.69. The van der Waals surface area contributed by atoms with Crippen LogP contribution in [0.25, 0.3) is 0 Å². The first kappa shape index (κ1) is 18.5. The van der Waals surface area contributed by atoms with E-state index < -0.39 is 0 Å². The molecule has 2 fully saturated rings. The molecule has 0 aliphatic carbocycles. The molecule has 7 heteroatoms. The Morgan fingerprint density at radius 2 is 1.86 bits per heavy atom. The van der Waals surface area contributed by atoms with Crippen molar-refractivity contribution in [3.63, 3.8) is 0 Å². The SMILES string of the molecule is O=[C-]c1ccc(N2CCC(C3OCCO3)CC2)cn1.[Na+].[OH-]. The van der Waals surface area contributed by atoms with E-state index in [1.807, 2.05) is 6.07 Å². The third-order valence-electron chi connectivity index (χ3n) is 3.79. The molecular weight excluding hydrogens is 283 g/mol. The maximum Gasteiger partial charge on any atom is 1.00 e. The predicted molar refractivity (Wildman–Crippen MR) is 71.6 cm³/mol. The van der Waals surface area contributed by atoms with E-state index in [9.17, 15) is 4.79 Å². The third-order valence-corrected chi connectivity index (χ3v) is 3.79. The number of piperidine rings is 1. The Morgan fingerprint density at radius 1 is 1.19 bits per heavy atom. The molecule has 0 spiro atoms. The molecule has 6 nitrogen and oxygen atoms in total. The van der Waals surface area contributed by atoms with E-state index in [-0.39, 0.29) is 41.3 Å². The molecule has 2 aliphatic rings. The van der Waals surface area contributed by atoms with Crippen molar-refractivity contribution >= 4 is 12.0 Å². The van der Waals surface area contributed by atoms with Gasteiger partial charge < -0.3 is 24.6 Å². The molecule has 21 heavy (non-hydrogen) atoms. The molecule has 1 N–H and O–H groups in total. The van der Waals surface area contributed by atoms with Crippen LogP contribution in [-0.4, -0.2) is 49.3 Å². The van der Waals surface area contributed by atoms with Crippen LogP contribution in [0.5, 0.6) is 0 Å². The number of carbonyl (C=O) groups excluding carboxylic acids is 1. The molecule has 0 saturated carbocycles. The second kappa shape index (κ2) is 8.82. The molecule has 0 radical (unpaired) electrons. The topological polar surface area (TPSA) is 81.7 Å². The van der Waals surface area contributed by atoms with Gasteiger partial charge in [-0.3, -0.25) is 4.98 Å². The summed E-state index contributed by atoms with van der Waals surface area (Å²) in [5.41, 5.74) is 1.41. The first-order valence-corrected chi connectivity index (χ1v) is 6.69. The Morgan fingerprint density at radius 3 is 2.38 bits per heavy atom. The summed E-state index contributed by atoms with van der Waals surface area (Å²) in [4.78, 5) is 16.8. The van der Waals surface area contributed by atoms with Crippen LogP contribution in [-0.2, 0) is 14.3 Å². The Labute approximate surface area is 146 Å². The molecular formula is C14H18N2NaO4-.